The van der Waals surface area contributed by atoms with Crippen molar-refractivity contribution < 1.29 is 12.8 Å². The predicted octanol–water partition coefficient (Wildman–Crippen LogP) is 3.05. The standard InChI is InChI=1S/C18H18N4O3S/c23-26(24,14-8-2-1-3-9-14)22-13-7-5-11-16(22)18-21-20-17(25-18)15-10-4-6-12-19-15/h1-4,6,8-10,12,16H,5,7,11,13H2/t16-/m0/s1. The van der Waals surface area contributed by atoms with E-state index >= 15 is 0 Å². The summed E-state index contributed by atoms with van der Waals surface area (Å²) in [5.74, 6) is 0.605. The number of nitrogens with zero attached hydrogens (tertiary/aromatic N) is 4. The zero-order chi connectivity index (χ0) is 18.0. The molecule has 3 heterocycles. The van der Waals surface area contributed by atoms with Crippen molar-refractivity contribution in [1.82, 2.24) is 19.5 Å². The van der Waals surface area contributed by atoms with Crippen molar-refractivity contribution in [3.8, 4) is 11.6 Å². The van der Waals surface area contributed by atoms with Crippen molar-refractivity contribution in [2.24, 2.45) is 0 Å². The van der Waals surface area contributed by atoms with E-state index in [2.05, 4.69) is 15.2 Å². The molecule has 1 aromatic carbocycles. The van der Waals surface area contributed by atoms with Gasteiger partial charge in [0.2, 0.25) is 15.9 Å². The number of rotatable bonds is 4. The fraction of sp³-hybridized carbons (Fsp3) is 0.278. The smallest absolute Gasteiger partial charge is 0.266 e. The molecule has 2 aromatic heterocycles. The third-order valence-corrected chi connectivity index (χ3v) is 6.34. The highest BCUT2D eigenvalue weighted by Crippen LogP contribution is 2.35. The molecule has 0 amide bonds. The fourth-order valence-electron chi connectivity index (χ4n) is 3.13. The molecular formula is C18H18N4O3S. The average Bonchev–Trinajstić information content (AvgIpc) is 3.19. The molecule has 134 valence electrons. The number of hydrogen-bond donors (Lipinski definition) is 0. The summed E-state index contributed by atoms with van der Waals surface area (Å²) in [6.45, 7) is 0.434. The summed E-state index contributed by atoms with van der Waals surface area (Å²) in [7, 11) is -3.62. The van der Waals surface area contributed by atoms with Crippen LogP contribution in [0.1, 0.15) is 31.2 Å². The van der Waals surface area contributed by atoms with E-state index in [4.69, 9.17) is 4.42 Å². The molecule has 1 aliphatic rings. The van der Waals surface area contributed by atoms with Gasteiger partial charge in [-0.3, -0.25) is 4.98 Å². The van der Waals surface area contributed by atoms with Crippen LogP contribution in [0.2, 0.25) is 0 Å². The number of aromatic nitrogens is 3. The van der Waals surface area contributed by atoms with Gasteiger partial charge in [-0.2, -0.15) is 4.31 Å². The van der Waals surface area contributed by atoms with Crippen LogP contribution >= 0.6 is 0 Å². The van der Waals surface area contributed by atoms with Gasteiger partial charge >= 0.3 is 0 Å². The molecule has 1 saturated heterocycles. The van der Waals surface area contributed by atoms with Crippen molar-refractivity contribution in [3.63, 3.8) is 0 Å². The summed E-state index contributed by atoms with van der Waals surface area (Å²) in [6, 6.07) is 13.4. The first kappa shape index (κ1) is 16.9. The predicted molar refractivity (Wildman–Crippen MR) is 94.5 cm³/mol. The highest BCUT2D eigenvalue weighted by molar-refractivity contribution is 7.89. The van der Waals surface area contributed by atoms with E-state index in [0.717, 1.165) is 12.8 Å². The minimum Gasteiger partial charge on any atom is -0.417 e. The minimum absolute atomic E-state index is 0.274. The van der Waals surface area contributed by atoms with Gasteiger partial charge in [0, 0.05) is 12.7 Å². The number of benzene rings is 1. The molecule has 26 heavy (non-hydrogen) atoms. The topological polar surface area (TPSA) is 89.2 Å². The molecule has 0 bridgehead atoms. The molecule has 0 spiro atoms. The maximum Gasteiger partial charge on any atom is 0.266 e. The maximum absolute atomic E-state index is 13.1. The van der Waals surface area contributed by atoms with Crippen LogP contribution in [0.4, 0.5) is 0 Å². The van der Waals surface area contributed by atoms with Gasteiger partial charge in [0.1, 0.15) is 11.7 Å². The third kappa shape index (κ3) is 3.13. The summed E-state index contributed by atoms with van der Waals surface area (Å²) in [4.78, 5) is 4.47. The van der Waals surface area contributed by atoms with Crippen LogP contribution in [0.5, 0.6) is 0 Å². The van der Waals surface area contributed by atoms with Crippen LogP contribution < -0.4 is 0 Å². The Morgan fingerprint density at radius 3 is 2.58 bits per heavy atom. The SMILES string of the molecule is O=S(=O)(c1ccccc1)N1CCCC[C@H]1c1nnc(-c2ccccn2)o1. The van der Waals surface area contributed by atoms with Crippen LogP contribution in [0.25, 0.3) is 11.6 Å². The Bertz CT molecular complexity index is 974. The number of pyridine rings is 1. The number of hydrogen-bond acceptors (Lipinski definition) is 6. The molecule has 0 radical (unpaired) electrons. The Balaban J connectivity index is 1.68. The fourth-order valence-corrected chi connectivity index (χ4v) is 4.80. The first-order chi connectivity index (χ1) is 12.7. The van der Waals surface area contributed by atoms with Crippen LogP contribution in [0.3, 0.4) is 0 Å². The number of piperidine rings is 1. The molecule has 4 rings (SSSR count). The molecule has 8 heteroatoms. The Labute approximate surface area is 151 Å². The van der Waals surface area contributed by atoms with E-state index in [1.54, 1.807) is 48.7 Å². The van der Waals surface area contributed by atoms with Crippen LogP contribution in [-0.4, -0.2) is 34.4 Å². The average molecular weight is 370 g/mol. The molecule has 3 aromatic rings. The van der Waals surface area contributed by atoms with E-state index in [0.29, 0.717) is 30.4 Å². The van der Waals surface area contributed by atoms with Crippen molar-refractivity contribution in [3.05, 3.63) is 60.6 Å². The van der Waals surface area contributed by atoms with E-state index in [1.807, 2.05) is 6.07 Å². The highest BCUT2D eigenvalue weighted by Gasteiger charge is 2.37. The minimum atomic E-state index is -3.62. The second kappa shape index (κ2) is 6.97. The lowest BCUT2D eigenvalue weighted by Crippen LogP contribution is -2.38. The van der Waals surface area contributed by atoms with Crippen LogP contribution in [-0.2, 0) is 10.0 Å². The lowest BCUT2D eigenvalue weighted by molar-refractivity contribution is 0.220. The zero-order valence-electron chi connectivity index (χ0n) is 14.0. The molecule has 7 nitrogen and oxygen atoms in total. The highest BCUT2D eigenvalue weighted by atomic mass is 32.2. The third-order valence-electron chi connectivity index (χ3n) is 4.41. The van der Waals surface area contributed by atoms with Crippen molar-refractivity contribution in [2.75, 3.05) is 6.54 Å². The lowest BCUT2D eigenvalue weighted by atomic mass is 10.1. The van der Waals surface area contributed by atoms with E-state index < -0.39 is 16.1 Å². The van der Waals surface area contributed by atoms with E-state index in [9.17, 15) is 8.42 Å². The van der Waals surface area contributed by atoms with Gasteiger partial charge in [-0.15, -0.1) is 10.2 Å². The largest absolute Gasteiger partial charge is 0.417 e. The van der Waals surface area contributed by atoms with Gasteiger partial charge in [-0.05, 0) is 37.1 Å². The normalized spacial score (nSPS) is 18.7. The van der Waals surface area contributed by atoms with Gasteiger partial charge in [0.05, 0.1) is 4.90 Å². The Kier molecular flexibility index (Phi) is 4.52. The lowest BCUT2D eigenvalue weighted by Gasteiger charge is -2.32. The van der Waals surface area contributed by atoms with Gasteiger partial charge < -0.3 is 4.42 Å². The Morgan fingerprint density at radius 1 is 1.00 bits per heavy atom. The Hall–Kier alpha value is -2.58. The summed E-state index contributed by atoms with van der Waals surface area (Å²) in [5.41, 5.74) is 0.569. The van der Waals surface area contributed by atoms with Crippen molar-refractivity contribution in [2.45, 2.75) is 30.2 Å². The summed E-state index contributed by atoms with van der Waals surface area (Å²) < 4.78 is 33.4. The van der Waals surface area contributed by atoms with Crippen LogP contribution in [0.15, 0.2) is 64.0 Å². The molecule has 1 fully saturated rings. The summed E-state index contributed by atoms with van der Waals surface area (Å²) in [5, 5.41) is 8.16. The van der Waals surface area contributed by atoms with Crippen molar-refractivity contribution >= 4 is 10.0 Å². The Morgan fingerprint density at radius 2 is 1.81 bits per heavy atom. The second-order valence-corrected chi connectivity index (χ2v) is 7.99. The molecule has 0 unspecified atom stereocenters. The maximum atomic E-state index is 13.1. The summed E-state index contributed by atoms with van der Waals surface area (Å²) >= 11 is 0. The molecular weight excluding hydrogens is 352 g/mol. The van der Waals surface area contributed by atoms with Gasteiger partial charge in [0.15, 0.2) is 0 Å². The second-order valence-electron chi connectivity index (χ2n) is 6.10. The first-order valence-electron chi connectivity index (χ1n) is 8.48. The van der Waals surface area contributed by atoms with Gasteiger partial charge in [0.25, 0.3) is 5.89 Å². The molecule has 1 aliphatic heterocycles. The van der Waals surface area contributed by atoms with Crippen LogP contribution in [0, 0.1) is 0 Å². The summed E-state index contributed by atoms with van der Waals surface area (Å²) in [6.07, 6.45) is 4.01. The zero-order valence-corrected chi connectivity index (χ0v) is 14.8. The van der Waals surface area contributed by atoms with Gasteiger partial charge in [-0.25, -0.2) is 8.42 Å². The quantitative estimate of drug-likeness (QED) is 0.701. The number of sulfonamides is 1. The van der Waals surface area contributed by atoms with E-state index in [1.165, 1.54) is 4.31 Å². The van der Waals surface area contributed by atoms with Crippen molar-refractivity contribution in [1.29, 1.82) is 0 Å². The monoisotopic (exact) mass is 370 g/mol. The van der Waals surface area contributed by atoms with E-state index in [-0.39, 0.29) is 4.90 Å². The molecule has 0 aliphatic carbocycles. The molecule has 0 saturated carbocycles. The first-order valence-corrected chi connectivity index (χ1v) is 9.92. The molecule has 0 N–H and O–H groups in total. The molecule has 1 atom stereocenters. The van der Waals surface area contributed by atoms with Gasteiger partial charge in [-0.1, -0.05) is 30.7 Å².